The molecule has 5 nitrogen and oxygen atoms in total. The van der Waals surface area contributed by atoms with Crippen LogP contribution in [0.15, 0.2) is 17.1 Å². The first-order chi connectivity index (χ1) is 9.56. The zero-order valence-electron chi connectivity index (χ0n) is 13.1. The number of nitrogens with one attached hydrogen (secondary N) is 2. The Labute approximate surface area is 148 Å². The van der Waals surface area contributed by atoms with Crippen LogP contribution in [0.2, 0.25) is 0 Å². The van der Waals surface area contributed by atoms with E-state index in [1.54, 1.807) is 30.3 Å². The van der Waals surface area contributed by atoms with Crippen molar-refractivity contribution >= 4 is 47.2 Å². The molecule has 0 saturated heterocycles. The van der Waals surface area contributed by atoms with Gasteiger partial charge in [0.2, 0.25) is 5.91 Å². The van der Waals surface area contributed by atoms with Crippen molar-refractivity contribution in [2.75, 3.05) is 27.2 Å². The van der Waals surface area contributed by atoms with Crippen LogP contribution in [0.4, 0.5) is 0 Å². The lowest BCUT2D eigenvalue weighted by Crippen LogP contribution is -2.37. The Morgan fingerprint density at radius 2 is 1.90 bits per heavy atom. The lowest BCUT2D eigenvalue weighted by Gasteiger charge is -2.12. The molecule has 0 spiro atoms. The van der Waals surface area contributed by atoms with Gasteiger partial charge in [-0.1, -0.05) is 6.92 Å². The number of aryl methyl sites for hydroxylation is 1. The van der Waals surface area contributed by atoms with Gasteiger partial charge in [0.15, 0.2) is 5.96 Å². The molecule has 0 aliphatic carbocycles. The molecule has 2 N–H and O–H groups in total. The molecule has 0 saturated carbocycles. The van der Waals surface area contributed by atoms with Crippen molar-refractivity contribution in [2.24, 2.45) is 4.99 Å². The van der Waals surface area contributed by atoms with Crippen LogP contribution in [0.5, 0.6) is 0 Å². The number of likely N-dealkylation sites (N-methyl/N-ethyl adjacent to an activating group) is 1. The van der Waals surface area contributed by atoms with Gasteiger partial charge in [-0.15, -0.1) is 35.3 Å². The SMILES string of the molecule is CCNC(=NCC(=O)N(C)C)NCc1ccc(CC)s1.I. The number of amides is 1. The molecule has 1 aromatic heterocycles. The van der Waals surface area contributed by atoms with Gasteiger partial charge in [-0.2, -0.15) is 0 Å². The Balaban J connectivity index is 0.00000400. The van der Waals surface area contributed by atoms with E-state index >= 15 is 0 Å². The molecule has 0 aliphatic heterocycles. The molecular weight excluding hydrogens is 399 g/mol. The van der Waals surface area contributed by atoms with Crippen molar-refractivity contribution in [3.8, 4) is 0 Å². The van der Waals surface area contributed by atoms with Gasteiger partial charge < -0.3 is 15.5 Å². The monoisotopic (exact) mass is 424 g/mol. The lowest BCUT2D eigenvalue weighted by atomic mass is 10.4. The highest BCUT2D eigenvalue weighted by molar-refractivity contribution is 14.0. The van der Waals surface area contributed by atoms with Crippen LogP contribution in [0.1, 0.15) is 23.6 Å². The Morgan fingerprint density at radius 1 is 1.24 bits per heavy atom. The van der Waals surface area contributed by atoms with Gasteiger partial charge in [-0.05, 0) is 25.5 Å². The third-order valence-corrected chi connectivity index (χ3v) is 3.94. The number of thiophene rings is 1. The van der Waals surface area contributed by atoms with Crippen molar-refractivity contribution < 1.29 is 4.79 Å². The van der Waals surface area contributed by atoms with Crippen molar-refractivity contribution in [3.05, 3.63) is 21.9 Å². The van der Waals surface area contributed by atoms with E-state index in [0.717, 1.165) is 19.5 Å². The minimum Gasteiger partial charge on any atom is -0.357 e. The smallest absolute Gasteiger partial charge is 0.243 e. The van der Waals surface area contributed by atoms with Gasteiger partial charge in [-0.3, -0.25) is 4.79 Å². The predicted molar refractivity (Wildman–Crippen MR) is 101 cm³/mol. The van der Waals surface area contributed by atoms with E-state index in [4.69, 9.17) is 0 Å². The van der Waals surface area contributed by atoms with Gasteiger partial charge in [0.25, 0.3) is 0 Å². The minimum atomic E-state index is -0.00778. The fourth-order valence-corrected chi connectivity index (χ4v) is 2.41. The number of rotatable bonds is 6. The highest BCUT2D eigenvalue weighted by Crippen LogP contribution is 2.16. The van der Waals surface area contributed by atoms with E-state index in [-0.39, 0.29) is 36.4 Å². The quantitative estimate of drug-likeness (QED) is 0.418. The average Bonchev–Trinajstić information content (AvgIpc) is 2.89. The highest BCUT2D eigenvalue weighted by Gasteiger charge is 2.04. The summed E-state index contributed by atoms with van der Waals surface area (Å²) in [6, 6.07) is 4.28. The Hall–Kier alpha value is -0.830. The summed E-state index contributed by atoms with van der Waals surface area (Å²) in [7, 11) is 3.46. The molecule has 0 fully saturated rings. The number of halogens is 1. The summed E-state index contributed by atoms with van der Waals surface area (Å²) in [5.41, 5.74) is 0. The molecule has 0 atom stereocenters. The fourth-order valence-electron chi connectivity index (χ4n) is 1.51. The van der Waals surface area contributed by atoms with E-state index in [2.05, 4.69) is 34.7 Å². The molecule has 7 heteroatoms. The highest BCUT2D eigenvalue weighted by atomic mass is 127. The molecule has 0 aliphatic rings. The third-order valence-electron chi connectivity index (χ3n) is 2.71. The minimum absolute atomic E-state index is 0. The average molecular weight is 424 g/mol. The maximum atomic E-state index is 11.5. The van der Waals surface area contributed by atoms with Gasteiger partial charge in [-0.25, -0.2) is 4.99 Å². The van der Waals surface area contributed by atoms with E-state index < -0.39 is 0 Å². The predicted octanol–water partition coefficient (Wildman–Crippen LogP) is 2.07. The summed E-state index contributed by atoms with van der Waals surface area (Å²) < 4.78 is 0. The molecule has 0 radical (unpaired) electrons. The van der Waals surface area contributed by atoms with E-state index in [9.17, 15) is 4.79 Å². The summed E-state index contributed by atoms with van der Waals surface area (Å²) >= 11 is 1.80. The molecule has 21 heavy (non-hydrogen) atoms. The molecule has 0 bridgehead atoms. The number of carbonyl (C=O) groups excluding carboxylic acids is 1. The van der Waals surface area contributed by atoms with Crippen LogP contribution in [0.3, 0.4) is 0 Å². The van der Waals surface area contributed by atoms with E-state index in [1.165, 1.54) is 9.75 Å². The van der Waals surface area contributed by atoms with Crippen molar-refractivity contribution in [2.45, 2.75) is 26.8 Å². The number of aliphatic imine (C=N–C) groups is 1. The van der Waals surface area contributed by atoms with Crippen molar-refractivity contribution in [1.82, 2.24) is 15.5 Å². The Bertz CT molecular complexity index is 460. The van der Waals surface area contributed by atoms with Gasteiger partial charge in [0.1, 0.15) is 6.54 Å². The molecule has 1 aromatic rings. The topological polar surface area (TPSA) is 56.7 Å². The standard InChI is InChI=1S/C14H24N4OS.HI/c1-5-11-7-8-12(20-11)9-16-14(15-6-2)17-10-13(19)18(3)4;/h7-8H,5-6,9-10H2,1-4H3,(H2,15,16,17);1H. The van der Waals surface area contributed by atoms with Gasteiger partial charge in [0.05, 0.1) is 6.54 Å². The Morgan fingerprint density at radius 3 is 2.43 bits per heavy atom. The van der Waals surface area contributed by atoms with E-state index in [1.807, 2.05) is 6.92 Å². The van der Waals surface area contributed by atoms with Crippen LogP contribution in [0, 0.1) is 0 Å². The third kappa shape index (κ3) is 7.66. The summed E-state index contributed by atoms with van der Waals surface area (Å²) in [4.78, 5) is 20.0. The molecule has 0 unspecified atom stereocenters. The van der Waals surface area contributed by atoms with Crippen LogP contribution in [-0.2, 0) is 17.8 Å². The maximum Gasteiger partial charge on any atom is 0.243 e. The number of nitrogens with zero attached hydrogens (tertiary/aromatic N) is 2. The molecule has 1 amide bonds. The number of hydrogen-bond acceptors (Lipinski definition) is 3. The van der Waals surface area contributed by atoms with Crippen LogP contribution >= 0.6 is 35.3 Å². The lowest BCUT2D eigenvalue weighted by molar-refractivity contribution is -0.127. The zero-order valence-corrected chi connectivity index (χ0v) is 16.2. The largest absolute Gasteiger partial charge is 0.357 e. The van der Waals surface area contributed by atoms with Crippen molar-refractivity contribution in [3.63, 3.8) is 0 Å². The first kappa shape index (κ1) is 20.2. The first-order valence-electron chi connectivity index (χ1n) is 6.86. The maximum absolute atomic E-state index is 11.5. The second-order valence-corrected chi connectivity index (χ2v) is 5.81. The summed E-state index contributed by atoms with van der Waals surface area (Å²) in [5.74, 6) is 0.667. The number of hydrogen-bond donors (Lipinski definition) is 2. The van der Waals surface area contributed by atoms with Gasteiger partial charge in [0, 0.05) is 30.4 Å². The molecule has 0 aromatic carbocycles. The number of guanidine groups is 1. The molecular formula is C14H25IN4OS. The summed E-state index contributed by atoms with van der Waals surface area (Å²) in [5, 5.41) is 6.39. The molecule has 120 valence electrons. The second-order valence-electron chi connectivity index (χ2n) is 4.56. The van der Waals surface area contributed by atoms with Gasteiger partial charge >= 0.3 is 0 Å². The Kier molecular flexibility index (Phi) is 10.4. The van der Waals surface area contributed by atoms with Crippen LogP contribution in [-0.4, -0.2) is 44.0 Å². The molecule has 1 heterocycles. The zero-order chi connectivity index (χ0) is 15.0. The van der Waals surface area contributed by atoms with E-state index in [0.29, 0.717) is 5.96 Å². The van der Waals surface area contributed by atoms with Crippen LogP contribution < -0.4 is 10.6 Å². The molecule has 1 rings (SSSR count). The second kappa shape index (κ2) is 10.8. The fraction of sp³-hybridized carbons (Fsp3) is 0.571. The summed E-state index contributed by atoms with van der Waals surface area (Å²) in [6.07, 6.45) is 1.07. The van der Waals surface area contributed by atoms with Crippen molar-refractivity contribution in [1.29, 1.82) is 0 Å². The normalized spacial score (nSPS) is 10.8. The first-order valence-corrected chi connectivity index (χ1v) is 7.68. The summed E-state index contributed by atoms with van der Waals surface area (Å²) in [6.45, 7) is 5.82. The van der Waals surface area contributed by atoms with Crippen LogP contribution in [0.25, 0.3) is 0 Å². The number of carbonyl (C=O) groups is 1.